The maximum atomic E-state index is 5.17. The van der Waals surface area contributed by atoms with Gasteiger partial charge in [-0.1, -0.05) is 54.6 Å². The second-order valence-corrected chi connectivity index (χ2v) is 7.55. The van der Waals surface area contributed by atoms with Crippen LogP contribution in [0.2, 0.25) is 0 Å². The normalized spacial score (nSPS) is 11.8. The minimum atomic E-state index is 0.516. The third kappa shape index (κ3) is 2.27. The number of nitrogens with zero attached hydrogens (tertiary/aromatic N) is 7. The predicted octanol–water partition coefficient (Wildman–Crippen LogP) is 4.86. The SMILES string of the molecule is c1ccc(-n2c3ccccc3c3nc4c5ccccc5n(-c5ncncn5)c4nc32)cc1. The summed E-state index contributed by atoms with van der Waals surface area (Å²) < 4.78 is 4.11. The summed E-state index contributed by atoms with van der Waals surface area (Å²) in [6, 6.07) is 26.6. The van der Waals surface area contributed by atoms with Crippen LogP contribution in [-0.2, 0) is 0 Å². The van der Waals surface area contributed by atoms with Crippen molar-refractivity contribution in [1.29, 1.82) is 0 Å². The summed E-state index contributed by atoms with van der Waals surface area (Å²) in [6.07, 6.45) is 2.99. The fourth-order valence-corrected chi connectivity index (χ4v) is 4.45. The van der Waals surface area contributed by atoms with Gasteiger partial charge in [0.1, 0.15) is 23.7 Å². The van der Waals surface area contributed by atoms with E-state index >= 15 is 0 Å². The number of para-hydroxylation sites is 3. The molecule has 0 saturated heterocycles. The van der Waals surface area contributed by atoms with Crippen molar-refractivity contribution in [3.8, 4) is 11.6 Å². The Labute approximate surface area is 181 Å². The van der Waals surface area contributed by atoms with Gasteiger partial charge in [0.15, 0.2) is 11.3 Å². The molecule has 0 radical (unpaired) electrons. The topological polar surface area (TPSA) is 74.3 Å². The maximum absolute atomic E-state index is 5.17. The van der Waals surface area contributed by atoms with Gasteiger partial charge in [-0.15, -0.1) is 0 Å². The zero-order valence-electron chi connectivity index (χ0n) is 16.8. The van der Waals surface area contributed by atoms with E-state index in [-0.39, 0.29) is 0 Å². The lowest BCUT2D eigenvalue weighted by Crippen LogP contribution is -2.03. The summed E-state index contributed by atoms with van der Waals surface area (Å²) in [6.45, 7) is 0. The van der Waals surface area contributed by atoms with Crippen molar-refractivity contribution >= 4 is 44.1 Å². The van der Waals surface area contributed by atoms with Crippen LogP contribution in [0.5, 0.6) is 0 Å². The molecule has 150 valence electrons. The fourth-order valence-electron chi connectivity index (χ4n) is 4.45. The molecule has 0 aliphatic heterocycles. The molecular weight excluding hydrogens is 398 g/mol. The Bertz CT molecular complexity index is 1640. The minimum Gasteiger partial charge on any atom is -0.292 e. The predicted molar refractivity (Wildman–Crippen MR) is 124 cm³/mol. The molecule has 0 fully saturated rings. The average Bonchev–Trinajstić information content (AvgIpc) is 3.36. The number of benzene rings is 3. The number of aromatic nitrogens is 7. The molecular formula is C25H15N7. The quantitative estimate of drug-likeness (QED) is 0.405. The van der Waals surface area contributed by atoms with Crippen molar-refractivity contribution in [1.82, 2.24) is 34.1 Å². The van der Waals surface area contributed by atoms with Gasteiger partial charge in [-0.05, 0) is 24.3 Å². The molecule has 7 aromatic rings. The Kier molecular flexibility index (Phi) is 3.43. The number of fused-ring (bicyclic) bond motifs is 6. The van der Waals surface area contributed by atoms with E-state index in [0.29, 0.717) is 11.6 Å². The van der Waals surface area contributed by atoms with Crippen LogP contribution < -0.4 is 0 Å². The van der Waals surface area contributed by atoms with E-state index in [9.17, 15) is 0 Å². The van der Waals surface area contributed by atoms with E-state index in [1.807, 2.05) is 53.1 Å². The largest absolute Gasteiger partial charge is 0.292 e. The molecule has 32 heavy (non-hydrogen) atoms. The lowest BCUT2D eigenvalue weighted by molar-refractivity contribution is 0.930. The lowest BCUT2D eigenvalue weighted by atomic mass is 10.2. The van der Waals surface area contributed by atoms with Crippen LogP contribution in [0.1, 0.15) is 0 Å². The van der Waals surface area contributed by atoms with Crippen LogP contribution in [0, 0.1) is 0 Å². The summed E-state index contributed by atoms with van der Waals surface area (Å²) in [5.74, 6) is 0.516. The third-order valence-corrected chi connectivity index (χ3v) is 5.78. The Morgan fingerprint density at radius 2 is 1.09 bits per heavy atom. The summed E-state index contributed by atoms with van der Waals surface area (Å²) >= 11 is 0. The first-order valence-corrected chi connectivity index (χ1v) is 10.3. The van der Waals surface area contributed by atoms with Crippen LogP contribution >= 0.6 is 0 Å². The zero-order valence-corrected chi connectivity index (χ0v) is 16.8. The maximum Gasteiger partial charge on any atom is 0.238 e. The molecule has 0 amide bonds. The second-order valence-electron chi connectivity index (χ2n) is 7.55. The molecule has 0 spiro atoms. The van der Waals surface area contributed by atoms with Gasteiger partial charge < -0.3 is 0 Å². The highest BCUT2D eigenvalue weighted by atomic mass is 15.2. The Morgan fingerprint density at radius 1 is 0.531 bits per heavy atom. The number of rotatable bonds is 2. The molecule has 0 aliphatic rings. The summed E-state index contributed by atoms with van der Waals surface area (Å²) in [4.78, 5) is 23.1. The molecule has 0 aliphatic carbocycles. The van der Waals surface area contributed by atoms with Gasteiger partial charge in [0.25, 0.3) is 0 Å². The molecule has 4 aromatic heterocycles. The van der Waals surface area contributed by atoms with Crippen molar-refractivity contribution in [2.24, 2.45) is 0 Å². The molecule has 0 N–H and O–H groups in total. The monoisotopic (exact) mass is 413 g/mol. The summed E-state index contributed by atoms with van der Waals surface area (Å²) in [5, 5.41) is 2.08. The highest BCUT2D eigenvalue weighted by molar-refractivity contribution is 6.12. The van der Waals surface area contributed by atoms with E-state index in [1.54, 1.807) is 0 Å². The molecule has 7 heteroatoms. The molecule has 0 saturated carbocycles. The Hall–Kier alpha value is -4.65. The molecule has 3 aromatic carbocycles. The van der Waals surface area contributed by atoms with Gasteiger partial charge in [-0.2, -0.15) is 0 Å². The average molecular weight is 413 g/mol. The van der Waals surface area contributed by atoms with Crippen LogP contribution in [-0.4, -0.2) is 34.1 Å². The van der Waals surface area contributed by atoms with Crippen molar-refractivity contribution in [2.45, 2.75) is 0 Å². The van der Waals surface area contributed by atoms with Crippen LogP contribution in [0.3, 0.4) is 0 Å². The highest BCUT2D eigenvalue weighted by Crippen LogP contribution is 2.34. The van der Waals surface area contributed by atoms with Gasteiger partial charge in [0.05, 0.1) is 11.0 Å². The van der Waals surface area contributed by atoms with Crippen LogP contribution in [0.4, 0.5) is 0 Å². The smallest absolute Gasteiger partial charge is 0.238 e. The second kappa shape index (κ2) is 6.42. The molecule has 0 unspecified atom stereocenters. The summed E-state index contributed by atoms with van der Waals surface area (Å²) in [7, 11) is 0. The first-order valence-electron chi connectivity index (χ1n) is 10.3. The lowest BCUT2D eigenvalue weighted by Gasteiger charge is -2.07. The fraction of sp³-hybridized carbons (Fsp3) is 0. The zero-order chi connectivity index (χ0) is 21.1. The van der Waals surface area contributed by atoms with Crippen molar-refractivity contribution in [3.63, 3.8) is 0 Å². The van der Waals surface area contributed by atoms with Crippen molar-refractivity contribution in [2.75, 3.05) is 0 Å². The van der Waals surface area contributed by atoms with Crippen molar-refractivity contribution in [3.05, 3.63) is 91.5 Å². The van der Waals surface area contributed by atoms with E-state index in [2.05, 4.69) is 49.9 Å². The first kappa shape index (κ1) is 17.1. The standard InChI is InChI=1S/C25H15N7/c1-2-8-16(9-3-1)31-19-12-6-4-10-17(19)21-23(31)30-24-22(29-21)18-11-5-7-13-20(18)32(24)25-27-14-26-15-28-25/h1-15H. The number of hydrogen-bond acceptors (Lipinski definition) is 5. The van der Waals surface area contributed by atoms with E-state index in [0.717, 1.165) is 44.2 Å². The van der Waals surface area contributed by atoms with E-state index in [1.165, 1.54) is 12.7 Å². The van der Waals surface area contributed by atoms with Crippen LogP contribution in [0.15, 0.2) is 91.5 Å². The molecule has 4 heterocycles. The highest BCUT2D eigenvalue weighted by Gasteiger charge is 2.21. The van der Waals surface area contributed by atoms with Crippen molar-refractivity contribution < 1.29 is 0 Å². The van der Waals surface area contributed by atoms with Gasteiger partial charge in [0, 0.05) is 16.5 Å². The minimum absolute atomic E-state index is 0.516. The van der Waals surface area contributed by atoms with Gasteiger partial charge in [-0.25, -0.2) is 24.9 Å². The summed E-state index contributed by atoms with van der Waals surface area (Å²) in [5.41, 5.74) is 6.26. The van der Waals surface area contributed by atoms with Crippen LogP contribution in [0.25, 0.3) is 55.8 Å². The van der Waals surface area contributed by atoms with Gasteiger partial charge in [-0.3, -0.25) is 9.13 Å². The molecule has 0 bridgehead atoms. The van der Waals surface area contributed by atoms with Gasteiger partial charge in [0.2, 0.25) is 5.95 Å². The molecule has 7 rings (SSSR count). The molecule has 0 atom stereocenters. The Balaban J connectivity index is 1.71. The van der Waals surface area contributed by atoms with E-state index in [4.69, 9.17) is 9.97 Å². The molecule has 7 nitrogen and oxygen atoms in total. The Morgan fingerprint density at radius 3 is 1.78 bits per heavy atom. The number of hydrogen-bond donors (Lipinski definition) is 0. The third-order valence-electron chi connectivity index (χ3n) is 5.78. The van der Waals surface area contributed by atoms with Gasteiger partial charge >= 0.3 is 0 Å². The first-order chi connectivity index (χ1) is 15.9. The van der Waals surface area contributed by atoms with E-state index < -0.39 is 0 Å².